The van der Waals surface area contributed by atoms with Gasteiger partial charge in [-0.2, -0.15) is 0 Å². The molecule has 2 aromatic rings. The third-order valence-electron chi connectivity index (χ3n) is 1.85. The van der Waals surface area contributed by atoms with Gasteiger partial charge in [0.15, 0.2) is 0 Å². The van der Waals surface area contributed by atoms with Crippen LogP contribution in [0.5, 0.6) is 0 Å². The average Bonchev–Trinajstić information content (AvgIpc) is 2.27. The molecule has 82 valence electrons. The van der Waals surface area contributed by atoms with Gasteiger partial charge < -0.3 is 11.1 Å². The van der Waals surface area contributed by atoms with E-state index < -0.39 is 0 Å². The summed E-state index contributed by atoms with van der Waals surface area (Å²) in [6, 6.07) is 5.47. The van der Waals surface area contributed by atoms with E-state index >= 15 is 0 Å². The Balaban J connectivity index is 2.20. The lowest BCUT2D eigenvalue weighted by Gasteiger charge is -2.05. The zero-order valence-electron chi connectivity index (χ0n) is 8.11. The van der Waals surface area contributed by atoms with Crippen molar-refractivity contribution in [3.63, 3.8) is 0 Å². The van der Waals surface area contributed by atoms with Crippen molar-refractivity contribution in [2.45, 2.75) is 0 Å². The predicted octanol–water partition coefficient (Wildman–Crippen LogP) is 3.22. The third kappa shape index (κ3) is 2.62. The molecular weight excluding hydrogens is 291 g/mol. The van der Waals surface area contributed by atoms with Crippen molar-refractivity contribution in [3.8, 4) is 0 Å². The number of nitrogen functional groups attached to an aromatic ring is 1. The van der Waals surface area contributed by atoms with Crippen molar-refractivity contribution in [3.05, 3.63) is 40.1 Å². The van der Waals surface area contributed by atoms with E-state index in [1.807, 2.05) is 12.1 Å². The maximum Gasteiger partial charge on any atom is 0.227 e. The lowest BCUT2D eigenvalue weighted by Crippen LogP contribution is -1.97. The summed E-state index contributed by atoms with van der Waals surface area (Å²) in [5, 5.41) is 3.69. The Morgan fingerprint density at radius 1 is 1.25 bits per heavy atom. The fourth-order valence-electron chi connectivity index (χ4n) is 1.11. The normalized spacial score (nSPS) is 10.1. The molecule has 0 radical (unpaired) electrons. The Kier molecular flexibility index (Phi) is 3.26. The zero-order chi connectivity index (χ0) is 11.5. The van der Waals surface area contributed by atoms with Crippen LogP contribution in [0.25, 0.3) is 0 Å². The molecule has 4 nitrogen and oxygen atoms in total. The maximum absolute atomic E-state index is 5.88. The third-order valence-corrected chi connectivity index (χ3v) is 3.06. The molecule has 1 aromatic carbocycles. The molecule has 0 aliphatic carbocycles. The number of nitrogens with two attached hydrogens (primary N) is 1. The first-order valence-electron chi connectivity index (χ1n) is 4.45. The topological polar surface area (TPSA) is 63.8 Å². The maximum atomic E-state index is 5.88. The summed E-state index contributed by atoms with van der Waals surface area (Å²) in [5.74, 6) is 0.489. The van der Waals surface area contributed by atoms with Crippen LogP contribution < -0.4 is 11.1 Å². The highest BCUT2D eigenvalue weighted by Gasteiger charge is 2.00. The SMILES string of the molecule is Nc1cnc(Nc2ccc(Cl)c(Br)c2)nc1. The van der Waals surface area contributed by atoms with E-state index in [4.69, 9.17) is 17.3 Å². The lowest BCUT2D eigenvalue weighted by molar-refractivity contribution is 1.17. The molecule has 0 unspecified atom stereocenters. The molecule has 0 atom stereocenters. The van der Waals surface area contributed by atoms with Gasteiger partial charge in [-0.05, 0) is 34.1 Å². The fourth-order valence-corrected chi connectivity index (χ4v) is 1.60. The fraction of sp³-hybridized carbons (Fsp3) is 0. The van der Waals surface area contributed by atoms with Gasteiger partial charge in [0.25, 0.3) is 0 Å². The van der Waals surface area contributed by atoms with Crippen molar-refractivity contribution < 1.29 is 0 Å². The number of halogens is 2. The minimum absolute atomic E-state index is 0.489. The minimum Gasteiger partial charge on any atom is -0.396 e. The van der Waals surface area contributed by atoms with E-state index in [0.717, 1.165) is 10.2 Å². The summed E-state index contributed by atoms with van der Waals surface area (Å²) >= 11 is 9.22. The number of aromatic nitrogens is 2. The van der Waals surface area contributed by atoms with E-state index in [1.165, 1.54) is 0 Å². The molecule has 0 spiro atoms. The number of benzene rings is 1. The first kappa shape index (κ1) is 11.2. The van der Waals surface area contributed by atoms with Gasteiger partial charge >= 0.3 is 0 Å². The number of hydrogen-bond acceptors (Lipinski definition) is 4. The summed E-state index contributed by atoms with van der Waals surface area (Å²) < 4.78 is 0.814. The minimum atomic E-state index is 0.489. The Hall–Kier alpha value is -1.33. The van der Waals surface area contributed by atoms with Crippen LogP contribution in [0.2, 0.25) is 5.02 Å². The lowest BCUT2D eigenvalue weighted by atomic mass is 10.3. The van der Waals surface area contributed by atoms with Crippen LogP contribution in [0.15, 0.2) is 35.1 Å². The smallest absolute Gasteiger partial charge is 0.227 e. The van der Waals surface area contributed by atoms with E-state index in [-0.39, 0.29) is 0 Å². The van der Waals surface area contributed by atoms with Gasteiger partial charge in [-0.1, -0.05) is 11.6 Å². The first-order valence-corrected chi connectivity index (χ1v) is 5.62. The van der Waals surface area contributed by atoms with E-state index in [9.17, 15) is 0 Å². The molecule has 0 saturated carbocycles. The molecule has 2 rings (SSSR count). The molecule has 1 aromatic heterocycles. The van der Waals surface area contributed by atoms with Gasteiger partial charge in [-0.3, -0.25) is 0 Å². The van der Waals surface area contributed by atoms with Crippen LogP contribution in [0, 0.1) is 0 Å². The van der Waals surface area contributed by atoms with Crippen LogP contribution >= 0.6 is 27.5 Å². The van der Waals surface area contributed by atoms with E-state index in [0.29, 0.717) is 16.7 Å². The van der Waals surface area contributed by atoms with Gasteiger partial charge in [-0.25, -0.2) is 9.97 Å². The van der Waals surface area contributed by atoms with Gasteiger partial charge in [0.2, 0.25) is 5.95 Å². The number of rotatable bonds is 2. The average molecular weight is 300 g/mol. The molecule has 3 N–H and O–H groups in total. The van der Waals surface area contributed by atoms with Crippen molar-refractivity contribution in [1.82, 2.24) is 9.97 Å². The van der Waals surface area contributed by atoms with Crippen molar-refractivity contribution >= 4 is 44.9 Å². The van der Waals surface area contributed by atoms with Crippen LogP contribution in [0.3, 0.4) is 0 Å². The number of anilines is 3. The molecule has 6 heteroatoms. The van der Waals surface area contributed by atoms with Crippen LogP contribution in [0.4, 0.5) is 17.3 Å². The summed E-state index contributed by atoms with van der Waals surface area (Å²) in [5.41, 5.74) is 6.86. The highest BCUT2D eigenvalue weighted by molar-refractivity contribution is 9.10. The van der Waals surface area contributed by atoms with Crippen LogP contribution in [0.1, 0.15) is 0 Å². The molecule has 0 aliphatic heterocycles. The second-order valence-corrected chi connectivity index (χ2v) is 4.36. The Morgan fingerprint density at radius 3 is 2.56 bits per heavy atom. The van der Waals surface area contributed by atoms with E-state index in [1.54, 1.807) is 18.5 Å². The first-order chi connectivity index (χ1) is 7.65. The van der Waals surface area contributed by atoms with Gasteiger partial charge in [0.05, 0.1) is 23.1 Å². The molecular formula is C10H8BrClN4. The molecule has 0 fully saturated rings. The molecule has 0 saturated heterocycles. The van der Waals surface area contributed by atoms with Crippen molar-refractivity contribution in [2.24, 2.45) is 0 Å². The van der Waals surface area contributed by atoms with Gasteiger partial charge in [-0.15, -0.1) is 0 Å². The van der Waals surface area contributed by atoms with Crippen LogP contribution in [-0.4, -0.2) is 9.97 Å². The predicted molar refractivity (Wildman–Crippen MR) is 68.9 cm³/mol. The number of hydrogen-bond donors (Lipinski definition) is 2. The summed E-state index contributed by atoms with van der Waals surface area (Å²) in [7, 11) is 0. The number of nitrogens with zero attached hydrogens (tertiary/aromatic N) is 2. The highest BCUT2D eigenvalue weighted by Crippen LogP contribution is 2.26. The largest absolute Gasteiger partial charge is 0.396 e. The Bertz CT molecular complexity index is 501. The second kappa shape index (κ2) is 4.67. The molecule has 1 heterocycles. The van der Waals surface area contributed by atoms with Gasteiger partial charge in [0.1, 0.15) is 0 Å². The summed E-state index contributed by atoms with van der Waals surface area (Å²) in [6.45, 7) is 0. The van der Waals surface area contributed by atoms with E-state index in [2.05, 4.69) is 31.2 Å². The quantitative estimate of drug-likeness (QED) is 0.893. The van der Waals surface area contributed by atoms with Crippen molar-refractivity contribution in [1.29, 1.82) is 0 Å². The van der Waals surface area contributed by atoms with Crippen LogP contribution in [-0.2, 0) is 0 Å². The zero-order valence-corrected chi connectivity index (χ0v) is 10.5. The number of nitrogens with one attached hydrogen (secondary N) is 1. The van der Waals surface area contributed by atoms with Crippen molar-refractivity contribution in [2.75, 3.05) is 11.1 Å². The molecule has 0 aliphatic rings. The highest BCUT2D eigenvalue weighted by atomic mass is 79.9. The van der Waals surface area contributed by atoms with Gasteiger partial charge in [0, 0.05) is 10.2 Å². The monoisotopic (exact) mass is 298 g/mol. The second-order valence-electron chi connectivity index (χ2n) is 3.09. The molecule has 16 heavy (non-hydrogen) atoms. The summed E-state index contributed by atoms with van der Waals surface area (Å²) in [4.78, 5) is 8.06. The molecule has 0 amide bonds. The Morgan fingerprint density at radius 2 is 1.94 bits per heavy atom. The molecule has 0 bridgehead atoms. The Labute approximate surface area is 106 Å². The summed E-state index contributed by atoms with van der Waals surface area (Å²) in [6.07, 6.45) is 3.08. The standard InChI is InChI=1S/C10H8BrClN4/c11-8-3-7(1-2-9(8)12)16-10-14-4-6(13)5-15-10/h1-5H,13H2,(H,14,15,16).